The van der Waals surface area contributed by atoms with E-state index in [1.807, 2.05) is 44.2 Å². The van der Waals surface area contributed by atoms with E-state index in [9.17, 15) is 4.79 Å². The van der Waals surface area contributed by atoms with Gasteiger partial charge in [-0.25, -0.2) is 9.97 Å². The maximum absolute atomic E-state index is 12.2. The van der Waals surface area contributed by atoms with Crippen molar-refractivity contribution in [2.75, 3.05) is 10.6 Å². The molecule has 6 heteroatoms. The summed E-state index contributed by atoms with van der Waals surface area (Å²) in [6.07, 6.45) is 3.16. The van der Waals surface area contributed by atoms with Gasteiger partial charge in [0.15, 0.2) is 0 Å². The van der Waals surface area contributed by atoms with Gasteiger partial charge in [-0.15, -0.1) is 0 Å². The van der Waals surface area contributed by atoms with Crippen LogP contribution in [0.15, 0.2) is 54.9 Å². The van der Waals surface area contributed by atoms with E-state index in [-0.39, 0.29) is 5.91 Å². The van der Waals surface area contributed by atoms with Crippen LogP contribution >= 0.6 is 0 Å². The maximum atomic E-state index is 12.2. The van der Waals surface area contributed by atoms with E-state index in [4.69, 9.17) is 0 Å². The summed E-state index contributed by atoms with van der Waals surface area (Å²) in [5.41, 5.74) is 3.77. The van der Waals surface area contributed by atoms with E-state index in [0.29, 0.717) is 17.2 Å². The molecule has 0 radical (unpaired) electrons. The number of aromatic nitrogens is 3. The van der Waals surface area contributed by atoms with Crippen LogP contribution in [0.1, 0.15) is 21.7 Å². The smallest absolute Gasteiger partial charge is 0.257 e. The van der Waals surface area contributed by atoms with Crippen molar-refractivity contribution in [2.24, 2.45) is 0 Å². The minimum Gasteiger partial charge on any atom is -0.324 e. The summed E-state index contributed by atoms with van der Waals surface area (Å²) < 4.78 is 0. The van der Waals surface area contributed by atoms with Crippen molar-refractivity contribution in [1.29, 1.82) is 0 Å². The van der Waals surface area contributed by atoms with Crippen LogP contribution in [0.25, 0.3) is 0 Å². The summed E-state index contributed by atoms with van der Waals surface area (Å²) in [6.45, 7) is 3.84. The van der Waals surface area contributed by atoms with Crippen LogP contribution < -0.4 is 10.6 Å². The minimum absolute atomic E-state index is 0.206. The van der Waals surface area contributed by atoms with Crippen molar-refractivity contribution < 1.29 is 4.79 Å². The largest absolute Gasteiger partial charge is 0.324 e. The number of aryl methyl sites for hydroxylation is 2. The monoisotopic (exact) mass is 319 g/mol. The molecule has 2 N–H and O–H groups in total. The van der Waals surface area contributed by atoms with Crippen molar-refractivity contribution >= 4 is 23.2 Å². The molecule has 120 valence electrons. The Bertz CT molecular complexity index is 844. The van der Waals surface area contributed by atoms with E-state index in [2.05, 4.69) is 25.6 Å². The van der Waals surface area contributed by atoms with Crippen molar-refractivity contribution in [3.05, 3.63) is 71.8 Å². The molecule has 1 aromatic carbocycles. The molecule has 2 aromatic heterocycles. The van der Waals surface area contributed by atoms with Gasteiger partial charge in [0, 0.05) is 35.2 Å². The second-order valence-electron chi connectivity index (χ2n) is 5.38. The molecular weight excluding hydrogens is 302 g/mol. The van der Waals surface area contributed by atoms with Crippen LogP contribution in [-0.4, -0.2) is 20.9 Å². The number of pyridine rings is 1. The van der Waals surface area contributed by atoms with Gasteiger partial charge in [0.05, 0.1) is 5.56 Å². The van der Waals surface area contributed by atoms with Crippen LogP contribution in [0.4, 0.5) is 17.3 Å². The number of hydrogen-bond acceptors (Lipinski definition) is 5. The van der Waals surface area contributed by atoms with Gasteiger partial charge in [0.1, 0.15) is 0 Å². The zero-order valence-electron chi connectivity index (χ0n) is 13.4. The van der Waals surface area contributed by atoms with Crippen LogP contribution in [-0.2, 0) is 0 Å². The third-order valence-electron chi connectivity index (χ3n) is 3.28. The molecule has 0 unspecified atom stereocenters. The SMILES string of the molecule is Cc1cc(C)nc(Nc2cccc(NC(=O)c3cccnc3)c2)n1. The van der Waals surface area contributed by atoms with Crippen LogP contribution in [0.3, 0.4) is 0 Å². The molecule has 6 nitrogen and oxygen atoms in total. The Morgan fingerprint density at radius 1 is 0.958 bits per heavy atom. The van der Waals surface area contributed by atoms with Gasteiger partial charge in [-0.2, -0.15) is 0 Å². The second kappa shape index (κ2) is 6.87. The fourth-order valence-electron chi connectivity index (χ4n) is 2.29. The standard InChI is InChI=1S/C18H17N5O/c1-12-9-13(2)21-18(20-12)23-16-7-3-6-15(10-16)22-17(24)14-5-4-8-19-11-14/h3-11H,1-2H3,(H,22,24)(H,20,21,23). The van der Waals surface area contributed by atoms with E-state index in [1.165, 1.54) is 6.20 Å². The summed E-state index contributed by atoms with van der Waals surface area (Å²) in [5.74, 6) is 0.325. The summed E-state index contributed by atoms with van der Waals surface area (Å²) in [4.78, 5) is 24.8. The zero-order valence-corrected chi connectivity index (χ0v) is 13.4. The first kappa shape index (κ1) is 15.6. The van der Waals surface area contributed by atoms with Crippen molar-refractivity contribution in [3.8, 4) is 0 Å². The number of carbonyl (C=O) groups is 1. The number of rotatable bonds is 4. The number of carbonyl (C=O) groups excluding carboxylic acids is 1. The van der Waals surface area contributed by atoms with Crippen molar-refractivity contribution in [2.45, 2.75) is 13.8 Å². The Hall–Kier alpha value is -3.28. The van der Waals surface area contributed by atoms with Gasteiger partial charge in [0.2, 0.25) is 5.95 Å². The summed E-state index contributed by atoms with van der Waals surface area (Å²) in [5, 5.41) is 6.00. The summed E-state index contributed by atoms with van der Waals surface area (Å²) in [6, 6.07) is 12.7. The molecular formula is C18H17N5O. The highest BCUT2D eigenvalue weighted by molar-refractivity contribution is 6.04. The third-order valence-corrected chi connectivity index (χ3v) is 3.28. The first-order valence-corrected chi connectivity index (χ1v) is 7.51. The first-order valence-electron chi connectivity index (χ1n) is 7.51. The average molecular weight is 319 g/mol. The molecule has 0 saturated heterocycles. The lowest BCUT2D eigenvalue weighted by Gasteiger charge is -2.09. The molecule has 24 heavy (non-hydrogen) atoms. The number of nitrogens with one attached hydrogen (secondary N) is 2. The molecule has 3 aromatic rings. The minimum atomic E-state index is -0.206. The molecule has 0 saturated carbocycles. The first-order chi connectivity index (χ1) is 11.6. The van der Waals surface area contributed by atoms with Gasteiger partial charge in [-0.3, -0.25) is 9.78 Å². The van der Waals surface area contributed by atoms with E-state index in [0.717, 1.165) is 17.1 Å². The van der Waals surface area contributed by atoms with Gasteiger partial charge >= 0.3 is 0 Å². The molecule has 0 atom stereocenters. The predicted octanol–water partition coefficient (Wildman–Crippen LogP) is 3.48. The molecule has 0 aliphatic carbocycles. The Balaban J connectivity index is 1.75. The molecule has 0 bridgehead atoms. The molecule has 0 fully saturated rings. The lowest BCUT2D eigenvalue weighted by atomic mass is 10.2. The molecule has 0 aliphatic rings. The van der Waals surface area contributed by atoms with Gasteiger partial charge in [-0.1, -0.05) is 6.07 Å². The average Bonchev–Trinajstić information content (AvgIpc) is 2.55. The van der Waals surface area contributed by atoms with Crippen molar-refractivity contribution in [1.82, 2.24) is 15.0 Å². The molecule has 2 heterocycles. The van der Waals surface area contributed by atoms with Crippen molar-refractivity contribution in [3.63, 3.8) is 0 Å². The highest BCUT2D eigenvalue weighted by atomic mass is 16.1. The lowest BCUT2D eigenvalue weighted by Crippen LogP contribution is -2.12. The Labute approximate surface area is 140 Å². The number of anilines is 3. The molecule has 3 rings (SSSR count). The predicted molar refractivity (Wildman–Crippen MR) is 93.4 cm³/mol. The summed E-state index contributed by atoms with van der Waals surface area (Å²) in [7, 11) is 0. The third kappa shape index (κ3) is 3.92. The fraction of sp³-hybridized carbons (Fsp3) is 0.111. The van der Waals surface area contributed by atoms with E-state index >= 15 is 0 Å². The van der Waals surface area contributed by atoms with Crippen LogP contribution in [0.5, 0.6) is 0 Å². The van der Waals surface area contributed by atoms with E-state index in [1.54, 1.807) is 18.3 Å². The normalized spacial score (nSPS) is 10.2. The topological polar surface area (TPSA) is 79.8 Å². The lowest BCUT2D eigenvalue weighted by molar-refractivity contribution is 0.102. The van der Waals surface area contributed by atoms with E-state index < -0.39 is 0 Å². The quantitative estimate of drug-likeness (QED) is 0.769. The molecule has 1 amide bonds. The number of benzene rings is 1. The maximum Gasteiger partial charge on any atom is 0.257 e. The molecule has 0 aliphatic heterocycles. The Morgan fingerprint density at radius 3 is 2.42 bits per heavy atom. The number of amides is 1. The van der Waals surface area contributed by atoms with Crippen LogP contribution in [0.2, 0.25) is 0 Å². The van der Waals surface area contributed by atoms with Crippen LogP contribution in [0, 0.1) is 13.8 Å². The fourth-order valence-corrected chi connectivity index (χ4v) is 2.29. The molecule has 0 spiro atoms. The van der Waals surface area contributed by atoms with Gasteiger partial charge in [0.25, 0.3) is 5.91 Å². The van der Waals surface area contributed by atoms with Gasteiger partial charge < -0.3 is 10.6 Å². The number of hydrogen-bond donors (Lipinski definition) is 2. The highest BCUT2D eigenvalue weighted by Crippen LogP contribution is 2.19. The Kier molecular flexibility index (Phi) is 4.47. The number of nitrogens with zero attached hydrogens (tertiary/aromatic N) is 3. The second-order valence-corrected chi connectivity index (χ2v) is 5.38. The highest BCUT2D eigenvalue weighted by Gasteiger charge is 2.07. The zero-order chi connectivity index (χ0) is 16.9. The van der Waals surface area contributed by atoms with Gasteiger partial charge in [-0.05, 0) is 50.2 Å². The summed E-state index contributed by atoms with van der Waals surface area (Å²) >= 11 is 0. The Morgan fingerprint density at radius 2 is 1.71 bits per heavy atom.